The maximum absolute atomic E-state index is 4.62. The minimum Gasteiger partial charge on any atom is -0.354 e. The van der Waals surface area contributed by atoms with Gasteiger partial charge in [-0.2, -0.15) is 4.98 Å². The molecule has 2 aromatic heterocycles. The van der Waals surface area contributed by atoms with Gasteiger partial charge in [0.2, 0.25) is 5.95 Å². The van der Waals surface area contributed by atoms with E-state index in [2.05, 4.69) is 58.5 Å². The van der Waals surface area contributed by atoms with E-state index in [1.165, 1.54) is 4.88 Å². The van der Waals surface area contributed by atoms with Gasteiger partial charge in [0.25, 0.3) is 0 Å². The van der Waals surface area contributed by atoms with Gasteiger partial charge >= 0.3 is 0 Å². The topological polar surface area (TPSA) is 41.1 Å². The van der Waals surface area contributed by atoms with E-state index in [9.17, 15) is 0 Å². The molecule has 5 heteroatoms. The Balaban J connectivity index is 2.16. The molecule has 0 atom stereocenters. The fourth-order valence-electron chi connectivity index (χ4n) is 1.93. The monoisotopic (exact) mass is 290 g/mol. The molecule has 0 aliphatic rings. The first-order chi connectivity index (χ1) is 9.70. The molecule has 0 fully saturated rings. The summed E-state index contributed by atoms with van der Waals surface area (Å²) in [5, 5.41) is 5.35. The van der Waals surface area contributed by atoms with E-state index in [1.54, 1.807) is 11.3 Å². The third-order valence-electron chi connectivity index (χ3n) is 3.00. The average Bonchev–Trinajstić information content (AvgIpc) is 2.95. The molecule has 0 aliphatic heterocycles. The van der Waals surface area contributed by atoms with Crippen molar-refractivity contribution in [1.29, 1.82) is 0 Å². The van der Waals surface area contributed by atoms with Gasteiger partial charge in [-0.1, -0.05) is 13.0 Å². The SMILES string of the molecule is CCCNc1nccc(N(Cc2cccs2)C(C)C)n1. The second-order valence-corrected chi connectivity index (χ2v) is 6.00. The number of rotatable bonds is 7. The lowest BCUT2D eigenvalue weighted by molar-refractivity contribution is 0.676. The van der Waals surface area contributed by atoms with Gasteiger partial charge in [-0.05, 0) is 37.8 Å². The van der Waals surface area contributed by atoms with Crippen LogP contribution < -0.4 is 10.2 Å². The van der Waals surface area contributed by atoms with Crippen LogP contribution in [0.25, 0.3) is 0 Å². The molecule has 0 unspecified atom stereocenters. The molecule has 0 amide bonds. The van der Waals surface area contributed by atoms with Crippen molar-refractivity contribution in [3.05, 3.63) is 34.7 Å². The summed E-state index contributed by atoms with van der Waals surface area (Å²) in [6.45, 7) is 8.30. The van der Waals surface area contributed by atoms with Crippen LogP contribution in [0.3, 0.4) is 0 Å². The lowest BCUT2D eigenvalue weighted by Gasteiger charge is -2.27. The highest BCUT2D eigenvalue weighted by atomic mass is 32.1. The highest BCUT2D eigenvalue weighted by Crippen LogP contribution is 2.20. The van der Waals surface area contributed by atoms with Crippen molar-refractivity contribution in [1.82, 2.24) is 9.97 Å². The van der Waals surface area contributed by atoms with Crippen molar-refractivity contribution in [3.63, 3.8) is 0 Å². The maximum atomic E-state index is 4.62. The Morgan fingerprint density at radius 3 is 2.85 bits per heavy atom. The summed E-state index contributed by atoms with van der Waals surface area (Å²) >= 11 is 1.78. The Morgan fingerprint density at radius 1 is 1.35 bits per heavy atom. The van der Waals surface area contributed by atoms with E-state index in [0.29, 0.717) is 12.0 Å². The van der Waals surface area contributed by atoms with Gasteiger partial charge in [0.15, 0.2) is 0 Å². The molecule has 0 saturated carbocycles. The predicted molar refractivity (Wildman–Crippen MR) is 86.5 cm³/mol. The Morgan fingerprint density at radius 2 is 2.20 bits per heavy atom. The van der Waals surface area contributed by atoms with Crippen LogP contribution in [0.2, 0.25) is 0 Å². The van der Waals surface area contributed by atoms with Gasteiger partial charge < -0.3 is 10.2 Å². The third-order valence-corrected chi connectivity index (χ3v) is 3.86. The van der Waals surface area contributed by atoms with Gasteiger partial charge in [0.05, 0.1) is 6.54 Å². The first-order valence-electron chi connectivity index (χ1n) is 7.06. The molecular formula is C15H22N4S. The van der Waals surface area contributed by atoms with E-state index in [0.717, 1.165) is 25.3 Å². The molecule has 20 heavy (non-hydrogen) atoms. The summed E-state index contributed by atoms with van der Waals surface area (Å²) in [6.07, 6.45) is 2.89. The molecule has 1 N–H and O–H groups in total. The van der Waals surface area contributed by atoms with Gasteiger partial charge in [-0.15, -0.1) is 11.3 Å². The van der Waals surface area contributed by atoms with Gasteiger partial charge in [0, 0.05) is 23.7 Å². The van der Waals surface area contributed by atoms with Crippen LogP contribution in [-0.2, 0) is 6.54 Å². The van der Waals surface area contributed by atoms with Gasteiger partial charge in [0.1, 0.15) is 5.82 Å². The summed E-state index contributed by atoms with van der Waals surface area (Å²) in [5.41, 5.74) is 0. The van der Waals surface area contributed by atoms with Crippen molar-refractivity contribution in [3.8, 4) is 0 Å². The van der Waals surface area contributed by atoms with Crippen LogP contribution in [-0.4, -0.2) is 22.6 Å². The number of nitrogens with one attached hydrogen (secondary N) is 1. The van der Waals surface area contributed by atoms with Gasteiger partial charge in [-0.3, -0.25) is 0 Å². The van der Waals surface area contributed by atoms with E-state index in [1.807, 2.05) is 12.3 Å². The minimum absolute atomic E-state index is 0.394. The van der Waals surface area contributed by atoms with Crippen LogP contribution >= 0.6 is 11.3 Å². The Hall–Kier alpha value is -1.62. The molecule has 0 saturated heterocycles. The average molecular weight is 290 g/mol. The molecule has 4 nitrogen and oxygen atoms in total. The molecule has 2 rings (SSSR count). The standard InChI is InChI=1S/C15H22N4S/c1-4-8-16-15-17-9-7-14(18-15)19(12(2)3)11-13-6-5-10-20-13/h5-7,9-10,12H,4,8,11H2,1-3H3,(H,16,17,18). The highest BCUT2D eigenvalue weighted by Gasteiger charge is 2.14. The van der Waals surface area contributed by atoms with Crippen LogP contribution in [0.4, 0.5) is 11.8 Å². The lowest BCUT2D eigenvalue weighted by Crippen LogP contribution is -2.30. The van der Waals surface area contributed by atoms with Crippen LogP contribution in [0.1, 0.15) is 32.1 Å². The fraction of sp³-hybridized carbons (Fsp3) is 0.467. The van der Waals surface area contributed by atoms with Crippen molar-refractivity contribution in [2.75, 3.05) is 16.8 Å². The fourth-order valence-corrected chi connectivity index (χ4v) is 2.63. The Kier molecular flexibility index (Phi) is 5.35. The van der Waals surface area contributed by atoms with Crippen LogP contribution in [0, 0.1) is 0 Å². The molecule has 0 aliphatic carbocycles. The minimum atomic E-state index is 0.394. The smallest absolute Gasteiger partial charge is 0.224 e. The zero-order valence-corrected chi connectivity index (χ0v) is 13.2. The molecular weight excluding hydrogens is 268 g/mol. The first kappa shape index (κ1) is 14.8. The van der Waals surface area contributed by atoms with Crippen LogP contribution in [0.5, 0.6) is 0 Å². The number of hydrogen-bond acceptors (Lipinski definition) is 5. The maximum Gasteiger partial charge on any atom is 0.224 e. The number of thiophene rings is 1. The first-order valence-corrected chi connectivity index (χ1v) is 7.94. The largest absolute Gasteiger partial charge is 0.354 e. The molecule has 108 valence electrons. The van der Waals surface area contributed by atoms with Crippen molar-refractivity contribution in [2.24, 2.45) is 0 Å². The van der Waals surface area contributed by atoms with Crippen molar-refractivity contribution in [2.45, 2.75) is 39.8 Å². The summed E-state index contributed by atoms with van der Waals surface area (Å²) < 4.78 is 0. The second kappa shape index (κ2) is 7.24. The molecule has 0 aromatic carbocycles. The highest BCUT2D eigenvalue weighted by molar-refractivity contribution is 7.09. The van der Waals surface area contributed by atoms with E-state index >= 15 is 0 Å². The van der Waals surface area contributed by atoms with E-state index in [-0.39, 0.29) is 0 Å². The zero-order chi connectivity index (χ0) is 14.4. The number of aromatic nitrogens is 2. The molecule has 0 radical (unpaired) electrons. The second-order valence-electron chi connectivity index (χ2n) is 4.97. The predicted octanol–water partition coefficient (Wildman–Crippen LogP) is 3.78. The Labute approximate surface area is 124 Å². The number of nitrogens with zero attached hydrogens (tertiary/aromatic N) is 3. The molecule has 2 aromatic rings. The van der Waals surface area contributed by atoms with Crippen LogP contribution in [0.15, 0.2) is 29.8 Å². The molecule has 2 heterocycles. The Bertz CT molecular complexity index is 510. The normalized spacial score (nSPS) is 10.8. The zero-order valence-electron chi connectivity index (χ0n) is 12.3. The quantitative estimate of drug-likeness (QED) is 0.842. The van der Waals surface area contributed by atoms with Crippen molar-refractivity contribution >= 4 is 23.1 Å². The third kappa shape index (κ3) is 3.93. The summed E-state index contributed by atoms with van der Waals surface area (Å²) in [6, 6.07) is 6.63. The lowest BCUT2D eigenvalue weighted by atomic mass is 10.3. The molecule has 0 spiro atoms. The number of hydrogen-bond donors (Lipinski definition) is 1. The molecule has 0 bridgehead atoms. The van der Waals surface area contributed by atoms with E-state index in [4.69, 9.17) is 0 Å². The van der Waals surface area contributed by atoms with Crippen molar-refractivity contribution < 1.29 is 0 Å². The summed E-state index contributed by atoms with van der Waals surface area (Å²) in [5.74, 6) is 1.68. The summed E-state index contributed by atoms with van der Waals surface area (Å²) in [7, 11) is 0. The number of anilines is 2. The van der Waals surface area contributed by atoms with E-state index < -0.39 is 0 Å². The summed E-state index contributed by atoms with van der Waals surface area (Å²) in [4.78, 5) is 12.5. The van der Waals surface area contributed by atoms with Gasteiger partial charge in [-0.25, -0.2) is 4.98 Å².